The number of benzene rings is 1. The van der Waals surface area contributed by atoms with Crippen LogP contribution in [0.25, 0.3) is 0 Å². The van der Waals surface area contributed by atoms with Gasteiger partial charge in [0.1, 0.15) is 11.4 Å². The topological polar surface area (TPSA) is 45.6 Å². The largest absolute Gasteiger partial charge is 0.393 e. The van der Waals surface area contributed by atoms with Crippen LogP contribution in [0.2, 0.25) is 0 Å². The fourth-order valence-electron chi connectivity index (χ4n) is 3.19. The van der Waals surface area contributed by atoms with Gasteiger partial charge in [-0.15, -0.1) is 0 Å². The van der Waals surface area contributed by atoms with Crippen molar-refractivity contribution in [3.8, 4) is 0 Å². The van der Waals surface area contributed by atoms with E-state index < -0.39 is 5.60 Å². The molecule has 1 aliphatic rings. The lowest BCUT2D eigenvalue weighted by atomic mass is 9.93. The number of halogens is 1. The molecule has 2 heterocycles. The third-order valence-corrected chi connectivity index (χ3v) is 4.41. The van der Waals surface area contributed by atoms with Crippen molar-refractivity contribution in [2.45, 2.75) is 25.5 Å². The van der Waals surface area contributed by atoms with Gasteiger partial charge in [-0.3, -0.25) is 9.88 Å². The summed E-state index contributed by atoms with van der Waals surface area (Å²) in [6.45, 7) is 4.60. The van der Waals surface area contributed by atoms with Crippen LogP contribution in [0.1, 0.15) is 16.8 Å². The maximum absolute atomic E-state index is 13.4. The molecule has 1 fully saturated rings. The highest BCUT2D eigenvalue weighted by Crippen LogP contribution is 2.24. The number of aryl methyl sites for hydroxylation is 1. The molecule has 1 N–H and O–H groups in total. The molecule has 2 aromatic rings. The zero-order valence-corrected chi connectivity index (χ0v) is 13.9. The van der Waals surface area contributed by atoms with Crippen molar-refractivity contribution in [3.63, 3.8) is 0 Å². The second kappa shape index (κ2) is 7.38. The summed E-state index contributed by atoms with van der Waals surface area (Å²) in [4.78, 5) is 6.58. The van der Waals surface area contributed by atoms with Gasteiger partial charge in [-0.05, 0) is 36.2 Å². The molecule has 3 rings (SSSR count). The molecular weight excluding hydrogens is 307 g/mol. The van der Waals surface area contributed by atoms with E-state index in [-0.39, 0.29) is 12.4 Å². The molecule has 0 amide bonds. The van der Waals surface area contributed by atoms with Crippen molar-refractivity contribution in [3.05, 3.63) is 65.2 Å². The van der Waals surface area contributed by atoms with Crippen molar-refractivity contribution in [1.82, 2.24) is 9.88 Å². The molecule has 0 radical (unpaired) electrons. The fraction of sp³-hybridized carbons (Fsp3) is 0.421. The molecule has 5 heteroatoms. The van der Waals surface area contributed by atoms with Gasteiger partial charge in [0.25, 0.3) is 0 Å². The van der Waals surface area contributed by atoms with Crippen LogP contribution in [-0.4, -0.2) is 46.9 Å². The van der Waals surface area contributed by atoms with Crippen LogP contribution >= 0.6 is 0 Å². The number of hydrogen-bond donors (Lipinski definition) is 1. The third kappa shape index (κ3) is 4.17. The van der Waals surface area contributed by atoms with E-state index in [9.17, 15) is 9.50 Å². The lowest BCUT2D eigenvalue weighted by molar-refractivity contribution is -0.134. The minimum atomic E-state index is -0.690. The first kappa shape index (κ1) is 17.0. The standard InChI is InChI=1S/C19H23FN2O2/c1-15-5-6-17(11-21-15)12-22-7-8-24-19(13-22,14-23)10-16-3-2-4-18(20)9-16/h2-6,9,11,23H,7-8,10,12-14H2,1H3/t19-/m1/s1. The van der Waals surface area contributed by atoms with Crippen LogP contribution in [-0.2, 0) is 17.7 Å². The number of hydrogen-bond acceptors (Lipinski definition) is 4. The number of aromatic nitrogens is 1. The van der Waals surface area contributed by atoms with Crippen LogP contribution in [0, 0.1) is 12.7 Å². The summed E-state index contributed by atoms with van der Waals surface area (Å²) in [6.07, 6.45) is 2.38. The maximum atomic E-state index is 13.4. The van der Waals surface area contributed by atoms with Crippen molar-refractivity contribution in [2.75, 3.05) is 26.3 Å². The summed E-state index contributed by atoms with van der Waals surface area (Å²) in [5.41, 5.74) is 2.28. The van der Waals surface area contributed by atoms with Crippen molar-refractivity contribution < 1.29 is 14.2 Å². The van der Waals surface area contributed by atoms with E-state index in [1.165, 1.54) is 12.1 Å². The summed E-state index contributed by atoms with van der Waals surface area (Å²) in [7, 11) is 0. The third-order valence-electron chi connectivity index (χ3n) is 4.41. The predicted molar refractivity (Wildman–Crippen MR) is 90.1 cm³/mol. The molecule has 24 heavy (non-hydrogen) atoms. The van der Waals surface area contributed by atoms with Gasteiger partial charge in [0.2, 0.25) is 0 Å². The van der Waals surface area contributed by atoms with E-state index in [1.54, 1.807) is 6.07 Å². The Bertz CT molecular complexity index is 677. The van der Waals surface area contributed by atoms with E-state index in [2.05, 4.69) is 16.0 Å². The molecule has 1 saturated heterocycles. The van der Waals surface area contributed by atoms with Gasteiger partial charge in [0.15, 0.2) is 0 Å². The lowest BCUT2D eigenvalue weighted by Crippen LogP contribution is -2.55. The molecule has 0 spiro atoms. The SMILES string of the molecule is Cc1ccc(CN2CCO[C@](CO)(Cc3cccc(F)c3)C2)cn1. The zero-order chi connectivity index (χ0) is 17.0. The first-order valence-corrected chi connectivity index (χ1v) is 8.22. The first-order chi connectivity index (χ1) is 11.6. The summed E-state index contributed by atoms with van der Waals surface area (Å²) < 4.78 is 19.3. The molecule has 0 saturated carbocycles. The average molecular weight is 330 g/mol. The minimum Gasteiger partial charge on any atom is -0.393 e. The van der Waals surface area contributed by atoms with Gasteiger partial charge in [-0.2, -0.15) is 0 Å². The summed E-state index contributed by atoms with van der Waals surface area (Å²) >= 11 is 0. The van der Waals surface area contributed by atoms with Crippen LogP contribution in [0.3, 0.4) is 0 Å². The number of morpholine rings is 1. The van der Waals surface area contributed by atoms with E-state index in [0.717, 1.165) is 29.9 Å². The number of rotatable bonds is 5. The van der Waals surface area contributed by atoms with Gasteiger partial charge in [-0.25, -0.2) is 4.39 Å². The Morgan fingerprint density at radius 2 is 2.17 bits per heavy atom. The minimum absolute atomic E-state index is 0.0911. The Labute approximate surface area is 141 Å². The monoisotopic (exact) mass is 330 g/mol. The van der Waals surface area contributed by atoms with E-state index in [4.69, 9.17) is 4.74 Å². The van der Waals surface area contributed by atoms with Gasteiger partial charge in [0.05, 0.1) is 13.2 Å². The van der Waals surface area contributed by atoms with Gasteiger partial charge in [-0.1, -0.05) is 18.2 Å². The fourth-order valence-corrected chi connectivity index (χ4v) is 3.19. The van der Waals surface area contributed by atoms with E-state index in [0.29, 0.717) is 19.6 Å². The number of aliphatic hydroxyl groups is 1. The normalized spacial score (nSPS) is 21.8. The number of aliphatic hydroxyl groups excluding tert-OH is 1. The average Bonchev–Trinajstić information content (AvgIpc) is 2.57. The molecule has 0 bridgehead atoms. The van der Waals surface area contributed by atoms with Gasteiger partial charge in [0, 0.05) is 37.9 Å². The van der Waals surface area contributed by atoms with Crippen LogP contribution < -0.4 is 0 Å². The Morgan fingerprint density at radius 1 is 1.29 bits per heavy atom. The highest BCUT2D eigenvalue weighted by molar-refractivity contribution is 5.19. The van der Waals surface area contributed by atoms with Crippen LogP contribution in [0.15, 0.2) is 42.6 Å². The summed E-state index contributed by atoms with van der Waals surface area (Å²) in [5, 5.41) is 9.93. The molecule has 1 aromatic heterocycles. The number of nitrogens with zero attached hydrogens (tertiary/aromatic N) is 2. The Kier molecular flexibility index (Phi) is 5.23. The van der Waals surface area contributed by atoms with Crippen LogP contribution in [0.5, 0.6) is 0 Å². The number of ether oxygens (including phenoxy) is 1. The van der Waals surface area contributed by atoms with E-state index in [1.807, 2.05) is 25.3 Å². The van der Waals surface area contributed by atoms with Crippen molar-refractivity contribution in [1.29, 1.82) is 0 Å². The molecular formula is C19H23FN2O2. The molecule has 0 unspecified atom stereocenters. The molecule has 0 aliphatic carbocycles. The number of pyridine rings is 1. The molecule has 128 valence electrons. The maximum Gasteiger partial charge on any atom is 0.123 e. The smallest absolute Gasteiger partial charge is 0.123 e. The second-order valence-electron chi connectivity index (χ2n) is 6.51. The first-order valence-electron chi connectivity index (χ1n) is 8.22. The Balaban J connectivity index is 1.70. The Morgan fingerprint density at radius 3 is 2.88 bits per heavy atom. The molecule has 4 nitrogen and oxygen atoms in total. The summed E-state index contributed by atoms with van der Waals surface area (Å²) in [6, 6.07) is 10.6. The highest BCUT2D eigenvalue weighted by atomic mass is 19.1. The molecule has 1 atom stereocenters. The van der Waals surface area contributed by atoms with Gasteiger partial charge >= 0.3 is 0 Å². The van der Waals surface area contributed by atoms with Gasteiger partial charge < -0.3 is 9.84 Å². The van der Waals surface area contributed by atoms with Crippen molar-refractivity contribution in [2.24, 2.45) is 0 Å². The quantitative estimate of drug-likeness (QED) is 0.914. The zero-order valence-electron chi connectivity index (χ0n) is 13.9. The molecule has 1 aromatic carbocycles. The highest BCUT2D eigenvalue weighted by Gasteiger charge is 2.36. The summed E-state index contributed by atoms with van der Waals surface area (Å²) in [5.74, 6) is -0.265. The van der Waals surface area contributed by atoms with Crippen LogP contribution in [0.4, 0.5) is 4.39 Å². The van der Waals surface area contributed by atoms with Crippen molar-refractivity contribution >= 4 is 0 Å². The lowest BCUT2D eigenvalue weighted by Gasteiger charge is -2.42. The molecule has 1 aliphatic heterocycles. The van der Waals surface area contributed by atoms with E-state index >= 15 is 0 Å². The predicted octanol–water partition coefficient (Wildman–Crippen LogP) is 2.34. The Hall–Kier alpha value is -1.82. The second-order valence-corrected chi connectivity index (χ2v) is 6.51.